The molecule has 0 fully saturated rings. The minimum Gasteiger partial charge on any atom is -0.321 e. The molecular formula is C26H20N4O. The first kappa shape index (κ1) is 19.9. The van der Waals surface area contributed by atoms with Gasteiger partial charge in [-0.1, -0.05) is 78.9 Å². The second-order valence-corrected chi connectivity index (χ2v) is 6.97. The molecule has 31 heavy (non-hydrogen) atoms. The van der Waals surface area contributed by atoms with E-state index < -0.39 is 5.91 Å². The Morgan fingerprint density at radius 3 is 2.19 bits per heavy atom. The van der Waals surface area contributed by atoms with Crippen LogP contribution >= 0.6 is 0 Å². The summed E-state index contributed by atoms with van der Waals surface area (Å²) in [6, 6.07) is 30.8. The van der Waals surface area contributed by atoms with Gasteiger partial charge in [0.1, 0.15) is 11.6 Å². The third kappa shape index (κ3) is 4.95. The van der Waals surface area contributed by atoms with Crippen LogP contribution in [0.4, 0.5) is 5.69 Å². The van der Waals surface area contributed by atoms with Crippen molar-refractivity contribution in [1.82, 2.24) is 9.78 Å². The molecule has 4 rings (SSSR count). The fraction of sp³-hybridized carbons (Fsp3) is 0.0385. The van der Waals surface area contributed by atoms with Crippen LogP contribution in [0.3, 0.4) is 0 Å². The van der Waals surface area contributed by atoms with Gasteiger partial charge in [0.05, 0.1) is 12.2 Å². The Bertz CT molecular complexity index is 1240. The molecule has 1 amide bonds. The first-order valence-corrected chi connectivity index (χ1v) is 9.88. The van der Waals surface area contributed by atoms with E-state index in [2.05, 4.69) is 5.32 Å². The predicted molar refractivity (Wildman–Crippen MR) is 122 cm³/mol. The molecule has 0 atom stereocenters. The molecule has 0 unspecified atom stereocenters. The zero-order valence-corrected chi connectivity index (χ0v) is 16.8. The molecule has 0 spiro atoms. The lowest BCUT2D eigenvalue weighted by Crippen LogP contribution is -2.13. The molecule has 1 N–H and O–H groups in total. The SMILES string of the molecule is N#C/C(=C\c1cn(Cc2ccccc2)nc1-c1ccccc1)C(=O)Nc1ccccc1. The quantitative estimate of drug-likeness (QED) is 0.357. The van der Waals surface area contributed by atoms with Gasteiger partial charge in [0.15, 0.2) is 0 Å². The molecule has 1 heterocycles. The number of benzene rings is 3. The number of carbonyl (C=O) groups is 1. The van der Waals surface area contributed by atoms with Gasteiger partial charge in [-0.3, -0.25) is 9.48 Å². The van der Waals surface area contributed by atoms with E-state index in [1.807, 2.05) is 95.8 Å². The Morgan fingerprint density at radius 1 is 0.935 bits per heavy atom. The zero-order chi connectivity index (χ0) is 21.5. The zero-order valence-electron chi connectivity index (χ0n) is 16.8. The minimum atomic E-state index is -0.455. The van der Waals surface area contributed by atoms with Crippen LogP contribution in [-0.2, 0) is 11.3 Å². The van der Waals surface area contributed by atoms with Gasteiger partial charge in [0.2, 0.25) is 0 Å². The predicted octanol–water partition coefficient (Wildman–Crippen LogP) is 5.14. The first-order chi connectivity index (χ1) is 15.2. The number of nitrogens with zero attached hydrogens (tertiary/aromatic N) is 3. The van der Waals surface area contributed by atoms with Gasteiger partial charge < -0.3 is 5.32 Å². The highest BCUT2D eigenvalue weighted by Crippen LogP contribution is 2.25. The second kappa shape index (κ2) is 9.38. The summed E-state index contributed by atoms with van der Waals surface area (Å²) in [5, 5.41) is 17.1. The molecule has 4 aromatic rings. The number of nitriles is 1. The molecule has 0 aliphatic rings. The van der Waals surface area contributed by atoms with Crippen molar-refractivity contribution < 1.29 is 4.79 Å². The summed E-state index contributed by atoms with van der Waals surface area (Å²) in [6.07, 6.45) is 3.46. The molecule has 0 bridgehead atoms. The molecule has 5 heteroatoms. The van der Waals surface area contributed by atoms with E-state index in [1.165, 1.54) is 0 Å². The molecule has 0 aliphatic carbocycles. The smallest absolute Gasteiger partial charge is 0.266 e. The Kier molecular flexibility index (Phi) is 6.01. The fourth-order valence-corrected chi connectivity index (χ4v) is 3.24. The summed E-state index contributed by atoms with van der Waals surface area (Å²) in [7, 11) is 0. The van der Waals surface area contributed by atoms with Gasteiger partial charge in [-0.15, -0.1) is 0 Å². The van der Waals surface area contributed by atoms with Gasteiger partial charge in [0, 0.05) is 23.0 Å². The van der Waals surface area contributed by atoms with Crippen LogP contribution in [0.15, 0.2) is 103 Å². The van der Waals surface area contributed by atoms with Crippen LogP contribution in [0, 0.1) is 11.3 Å². The topological polar surface area (TPSA) is 70.7 Å². The monoisotopic (exact) mass is 404 g/mol. The number of nitrogens with one attached hydrogen (secondary N) is 1. The summed E-state index contributed by atoms with van der Waals surface area (Å²) in [6.45, 7) is 0.590. The molecule has 150 valence electrons. The van der Waals surface area contributed by atoms with Crippen molar-refractivity contribution in [1.29, 1.82) is 5.26 Å². The molecule has 0 saturated heterocycles. The molecule has 1 aromatic heterocycles. The minimum absolute atomic E-state index is 0.0142. The van der Waals surface area contributed by atoms with Gasteiger partial charge in [-0.25, -0.2) is 0 Å². The van der Waals surface area contributed by atoms with Crippen molar-refractivity contribution in [2.45, 2.75) is 6.54 Å². The van der Waals surface area contributed by atoms with E-state index in [9.17, 15) is 10.1 Å². The highest BCUT2D eigenvalue weighted by molar-refractivity contribution is 6.10. The van der Waals surface area contributed by atoms with Crippen molar-refractivity contribution in [2.75, 3.05) is 5.32 Å². The third-order valence-corrected chi connectivity index (χ3v) is 4.72. The lowest BCUT2D eigenvalue weighted by molar-refractivity contribution is -0.112. The van der Waals surface area contributed by atoms with E-state index in [-0.39, 0.29) is 5.57 Å². The molecule has 0 radical (unpaired) electrons. The first-order valence-electron chi connectivity index (χ1n) is 9.88. The molecule has 0 saturated carbocycles. The van der Waals surface area contributed by atoms with Crippen molar-refractivity contribution in [3.8, 4) is 17.3 Å². The molecule has 3 aromatic carbocycles. The van der Waals surface area contributed by atoms with E-state index in [0.717, 1.165) is 16.8 Å². The maximum atomic E-state index is 12.7. The number of hydrogen-bond acceptors (Lipinski definition) is 3. The summed E-state index contributed by atoms with van der Waals surface area (Å²) >= 11 is 0. The second-order valence-electron chi connectivity index (χ2n) is 6.97. The normalized spacial score (nSPS) is 11.0. The Labute approximate surface area is 180 Å². The third-order valence-electron chi connectivity index (χ3n) is 4.72. The van der Waals surface area contributed by atoms with Crippen LogP contribution in [-0.4, -0.2) is 15.7 Å². The Hall–Kier alpha value is -4.43. The van der Waals surface area contributed by atoms with E-state index in [1.54, 1.807) is 18.2 Å². The van der Waals surface area contributed by atoms with Crippen LogP contribution in [0.25, 0.3) is 17.3 Å². The van der Waals surface area contributed by atoms with Gasteiger partial charge in [-0.2, -0.15) is 10.4 Å². The largest absolute Gasteiger partial charge is 0.321 e. The number of anilines is 1. The number of amides is 1. The summed E-state index contributed by atoms with van der Waals surface area (Å²) < 4.78 is 1.83. The Balaban J connectivity index is 1.69. The average Bonchev–Trinajstić information content (AvgIpc) is 3.21. The van der Waals surface area contributed by atoms with E-state index in [0.29, 0.717) is 17.8 Å². The number of carbonyl (C=O) groups excluding carboxylic acids is 1. The average molecular weight is 404 g/mol. The lowest BCUT2D eigenvalue weighted by Gasteiger charge is -2.04. The van der Waals surface area contributed by atoms with Gasteiger partial charge >= 0.3 is 0 Å². The van der Waals surface area contributed by atoms with Crippen molar-refractivity contribution in [3.63, 3.8) is 0 Å². The molecule has 5 nitrogen and oxygen atoms in total. The maximum Gasteiger partial charge on any atom is 0.266 e. The standard InChI is InChI=1S/C26H20N4O/c27-17-22(26(31)28-24-14-8-3-9-15-24)16-23-19-30(18-20-10-4-1-5-11-20)29-25(23)21-12-6-2-7-13-21/h1-16,19H,18H2,(H,28,31)/b22-16+. The van der Waals surface area contributed by atoms with Gasteiger partial charge in [-0.05, 0) is 23.8 Å². The number of hydrogen-bond donors (Lipinski definition) is 1. The van der Waals surface area contributed by atoms with Crippen LogP contribution in [0.5, 0.6) is 0 Å². The fourth-order valence-electron chi connectivity index (χ4n) is 3.24. The van der Waals surface area contributed by atoms with Crippen molar-refractivity contribution in [3.05, 3.63) is 114 Å². The highest BCUT2D eigenvalue weighted by Gasteiger charge is 2.15. The van der Waals surface area contributed by atoms with Gasteiger partial charge in [0.25, 0.3) is 5.91 Å². The number of para-hydroxylation sites is 1. The van der Waals surface area contributed by atoms with E-state index in [4.69, 9.17) is 5.10 Å². The number of aromatic nitrogens is 2. The van der Waals surface area contributed by atoms with Crippen LogP contribution < -0.4 is 5.32 Å². The summed E-state index contributed by atoms with van der Waals surface area (Å²) in [5.74, 6) is -0.455. The summed E-state index contributed by atoms with van der Waals surface area (Å²) in [4.78, 5) is 12.7. The molecule has 0 aliphatic heterocycles. The molecular weight excluding hydrogens is 384 g/mol. The summed E-state index contributed by atoms with van der Waals surface area (Å²) in [5.41, 5.74) is 4.11. The Morgan fingerprint density at radius 2 is 1.55 bits per heavy atom. The number of rotatable bonds is 6. The van der Waals surface area contributed by atoms with E-state index >= 15 is 0 Å². The van der Waals surface area contributed by atoms with Crippen molar-refractivity contribution >= 4 is 17.7 Å². The van der Waals surface area contributed by atoms with Crippen LogP contribution in [0.1, 0.15) is 11.1 Å². The maximum absolute atomic E-state index is 12.7. The lowest BCUT2D eigenvalue weighted by atomic mass is 10.1. The highest BCUT2D eigenvalue weighted by atomic mass is 16.1. The van der Waals surface area contributed by atoms with Crippen molar-refractivity contribution in [2.24, 2.45) is 0 Å². The van der Waals surface area contributed by atoms with Crippen LogP contribution in [0.2, 0.25) is 0 Å².